The van der Waals surface area contributed by atoms with Crippen molar-refractivity contribution in [1.82, 2.24) is 19.4 Å². The first-order valence-electron chi connectivity index (χ1n) is 11.5. The number of imide groups is 1. The molecule has 3 amide bonds. The van der Waals surface area contributed by atoms with Crippen molar-refractivity contribution in [1.29, 1.82) is 0 Å². The van der Waals surface area contributed by atoms with Gasteiger partial charge in [-0.2, -0.15) is 0 Å². The fourth-order valence-corrected chi connectivity index (χ4v) is 5.43. The molecule has 0 N–H and O–H groups in total. The van der Waals surface area contributed by atoms with Crippen molar-refractivity contribution in [2.24, 2.45) is 0 Å². The highest BCUT2D eigenvalue weighted by molar-refractivity contribution is 8.18. The predicted octanol–water partition coefficient (Wildman–Crippen LogP) is 4.42. The fraction of sp³-hybridized carbons (Fsp3) is 0.259. The van der Waals surface area contributed by atoms with E-state index >= 15 is 0 Å². The Hall–Kier alpha value is -3.65. The van der Waals surface area contributed by atoms with Crippen molar-refractivity contribution < 1.29 is 14.4 Å². The van der Waals surface area contributed by atoms with Crippen molar-refractivity contribution in [3.8, 4) is 5.82 Å². The minimum atomic E-state index is -0.427. The lowest BCUT2D eigenvalue weighted by Crippen LogP contribution is -2.44. The molecule has 4 heterocycles. The average molecular weight is 487 g/mol. The molecule has 0 bridgehead atoms. The Labute approximate surface area is 208 Å². The Morgan fingerprint density at radius 1 is 1.09 bits per heavy atom. The largest absolute Gasteiger partial charge is 0.336 e. The molecule has 7 nitrogen and oxygen atoms in total. The number of aromatic nitrogens is 2. The van der Waals surface area contributed by atoms with Crippen molar-refractivity contribution in [3.05, 3.63) is 87.2 Å². The molecule has 178 valence electrons. The molecule has 2 aromatic heterocycles. The van der Waals surface area contributed by atoms with Crippen LogP contribution >= 0.6 is 11.8 Å². The van der Waals surface area contributed by atoms with Gasteiger partial charge in [0.15, 0.2) is 0 Å². The summed E-state index contributed by atoms with van der Waals surface area (Å²) in [7, 11) is 0. The summed E-state index contributed by atoms with van der Waals surface area (Å²) in [6, 6.07) is 14.0. The molecule has 3 aromatic rings. The van der Waals surface area contributed by atoms with Crippen LogP contribution in [0, 0.1) is 20.8 Å². The van der Waals surface area contributed by atoms with Gasteiger partial charge in [0.1, 0.15) is 12.4 Å². The summed E-state index contributed by atoms with van der Waals surface area (Å²) >= 11 is 0.878. The Kier molecular flexibility index (Phi) is 6.06. The average Bonchev–Trinajstić information content (AvgIpc) is 3.28. The van der Waals surface area contributed by atoms with E-state index in [0.717, 1.165) is 57.0 Å². The van der Waals surface area contributed by atoms with Gasteiger partial charge in [-0.05, 0) is 79.4 Å². The first kappa shape index (κ1) is 23.1. The third-order valence-electron chi connectivity index (χ3n) is 6.53. The van der Waals surface area contributed by atoms with E-state index in [-0.39, 0.29) is 12.5 Å². The standard InChI is InChI=1S/C27H26N4O3S/c1-17-8-9-24(28-14-17)31-18(2)12-22(19(31)3)13-23-26(33)30(27(34)35-23)16-25(32)29-11-10-20-6-4-5-7-21(20)15-29/h4-9,12-14H,10-11,15-16H2,1-3H3/b23-13-. The highest BCUT2D eigenvalue weighted by Gasteiger charge is 2.37. The molecule has 1 saturated heterocycles. The Morgan fingerprint density at radius 2 is 1.86 bits per heavy atom. The van der Waals surface area contributed by atoms with Gasteiger partial charge >= 0.3 is 0 Å². The lowest BCUT2D eigenvalue weighted by Gasteiger charge is -2.29. The third kappa shape index (κ3) is 4.41. The van der Waals surface area contributed by atoms with Crippen LogP contribution in [0.2, 0.25) is 0 Å². The second kappa shape index (κ2) is 9.19. The van der Waals surface area contributed by atoms with Gasteiger partial charge in [-0.15, -0.1) is 0 Å². The van der Waals surface area contributed by atoms with Crippen LogP contribution < -0.4 is 0 Å². The zero-order chi connectivity index (χ0) is 24.7. The van der Waals surface area contributed by atoms with Crippen LogP contribution in [0.4, 0.5) is 4.79 Å². The minimum Gasteiger partial charge on any atom is -0.336 e. The second-order valence-corrected chi connectivity index (χ2v) is 9.95. The molecule has 0 atom stereocenters. The topological polar surface area (TPSA) is 75.5 Å². The number of carbonyl (C=O) groups excluding carboxylic acids is 3. The normalized spacial score (nSPS) is 16.8. The van der Waals surface area contributed by atoms with Gasteiger partial charge in [0.2, 0.25) is 5.91 Å². The highest BCUT2D eigenvalue weighted by Crippen LogP contribution is 2.34. The lowest BCUT2D eigenvalue weighted by atomic mass is 10.00. The van der Waals surface area contributed by atoms with Gasteiger partial charge in [-0.25, -0.2) is 4.98 Å². The maximum absolute atomic E-state index is 13.1. The highest BCUT2D eigenvalue weighted by atomic mass is 32.2. The first-order valence-corrected chi connectivity index (χ1v) is 12.4. The second-order valence-electron chi connectivity index (χ2n) is 8.96. The van der Waals surface area contributed by atoms with Crippen LogP contribution in [-0.4, -0.2) is 49.5 Å². The molecule has 2 aliphatic rings. The number of hydrogen-bond acceptors (Lipinski definition) is 5. The molecule has 2 aliphatic heterocycles. The quantitative estimate of drug-likeness (QED) is 0.511. The molecule has 0 unspecified atom stereocenters. The summed E-state index contributed by atoms with van der Waals surface area (Å²) in [4.78, 5) is 46.3. The van der Waals surface area contributed by atoms with Crippen molar-refractivity contribution in [3.63, 3.8) is 0 Å². The third-order valence-corrected chi connectivity index (χ3v) is 7.44. The summed E-state index contributed by atoms with van der Waals surface area (Å²) in [5.41, 5.74) is 6.17. The zero-order valence-electron chi connectivity index (χ0n) is 19.9. The summed E-state index contributed by atoms with van der Waals surface area (Å²) in [6.45, 7) is 6.77. The van der Waals surface area contributed by atoms with Crippen molar-refractivity contribution in [2.75, 3.05) is 13.1 Å². The molecule has 5 rings (SSSR count). The maximum atomic E-state index is 13.1. The van der Waals surface area contributed by atoms with Crippen LogP contribution in [0.3, 0.4) is 0 Å². The van der Waals surface area contributed by atoms with E-state index in [1.807, 2.05) is 67.9 Å². The van der Waals surface area contributed by atoms with Crippen LogP contribution in [-0.2, 0) is 22.6 Å². The Balaban J connectivity index is 1.33. The van der Waals surface area contributed by atoms with E-state index in [1.165, 1.54) is 5.56 Å². The number of thioether (sulfide) groups is 1. The molecular weight excluding hydrogens is 460 g/mol. The number of fused-ring (bicyclic) bond motifs is 1. The number of benzene rings is 1. The van der Waals surface area contributed by atoms with Crippen LogP contribution in [0.1, 0.15) is 33.6 Å². The summed E-state index contributed by atoms with van der Waals surface area (Å²) in [6.07, 6.45) is 4.33. The number of rotatable bonds is 4. The Morgan fingerprint density at radius 3 is 2.60 bits per heavy atom. The number of aryl methyl sites for hydroxylation is 2. The van der Waals surface area contributed by atoms with Crippen LogP contribution in [0.15, 0.2) is 53.6 Å². The van der Waals surface area contributed by atoms with Crippen LogP contribution in [0.5, 0.6) is 0 Å². The maximum Gasteiger partial charge on any atom is 0.294 e. The molecule has 8 heteroatoms. The fourth-order valence-electron chi connectivity index (χ4n) is 4.60. The number of nitrogens with zero attached hydrogens (tertiary/aromatic N) is 4. The van der Waals surface area contributed by atoms with Crippen molar-refractivity contribution in [2.45, 2.75) is 33.7 Å². The van der Waals surface area contributed by atoms with E-state index in [1.54, 1.807) is 11.0 Å². The minimum absolute atomic E-state index is 0.216. The molecule has 0 spiro atoms. The molecule has 0 aliphatic carbocycles. The van der Waals surface area contributed by atoms with Gasteiger partial charge in [0.25, 0.3) is 11.1 Å². The zero-order valence-corrected chi connectivity index (χ0v) is 20.8. The first-order chi connectivity index (χ1) is 16.8. The Bertz CT molecular complexity index is 1370. The number of pyridine rings is 1. The number of amides is 3. The summed E-state index contributed by atoms with van der Waals surface area (Å²) in [5.74, 6) is 0.155. The molecule has 0 saturated carbocycles. The monoisotopic (exact) mass is 486 g/mol. The van der Waals surface area contributed by atoms with E-state index in [2.05, 4.69) is 11.1 Å². The van der Waals surface area contributed by atoms with Gasteiger partial charge in [-0.1, -0.05) is 30.3 Å². The van der Waals surface area contributed by atoms with E-state index in [0.29, 0.717) is 18.0 Å². The molecular formula is C27H26N4O3S. The van der Waals surface area contributed by atoms with Crippen LogP contribution in [0.25, 0.3) is 11.9 Å². The van der Waals surface area contributed by atoms with Gasteiger partial charge in [0, 0.05) is 30.7 Å². The van der Waals surface area contributed by atoms with Crippen molar-refractivity contribution >= 4 is 34.9 Å². The number of hydrogen-bond donors (Lipinski definition) is 0. The molecule has 35 heavy (non-hydrogen) atoms. The lowest BCUT2D eigenvalue weighted by molar-refractivity contribution is -0.136. The van der Waals surface area contributed by atoms with Gasteiger partial charge in [-0.3, -0.25) is 19.3 Å². The molecule has 0 radical (unpaired) electrons. The van der Waals surface area contributed by atoms with Gasteiger partial charge < -0.3 is 9.47 Å². The van der Waals surface area contributed by atoms with E-state index in [4.69, 9.17) is 0 Å². The van der Waals surface area contributed by atoms with E-state index in [9.17, 15) is 14.4 Å². The summed E-state index contributed by atoms with van der Waals surface area (Å²) in [5, 5.41) is -0.416. The smallest absolute Gasteiger partial charge is 0.294 e. The van der Waals surface area contributed by atoms with Gasteiger partial charge in [0.05, 0.1) is 4.91 Å². The molecule has 1 fully saturated rings. The SMILES string of the molecule is Cc1ccc(-n2c(C)cc(/C=C3\SC(=O)N(CC(=O)N4CCc5ccccc5C4)C3=O)c2C)nc1. The molecule has 1 aromatic carbocycles. The van der Waals surface area contributed by atoms with E-state index < -0.39 is 11.1 Å². The predicted molar refractivity (Wildman–Crippen MR) is 136 cm³/mol. The number of carbonyl (C=O) groups is 3. The summed E-state index contributed by atoms with van der Waals surface area (Å²) < 4.78 is 2.02.